The van der Waals surface area contributed by atoms with E-state index in [-0.39, 0.29) is 17.1 Å². The Morgan fingerprint density at radius 1 is 1.25 bits per heavy atom. The Bertz CT molecular complexity index is 961. The third kappa shape index (κ3) is 5.63. The highest BCUT2D eigenvalue weighted by molar-refractivity contribution is 7.89. The number of fused-ring (bicyclic) bond motifs is 2. The molecule has 3 saturated carbocycles. The molecule has 6 nitrogen and oxygen atoms in total. The van der Waals surface area contributed by atoms with Crippen LogP contribution in [-0.2, 0) is 14.8 Å². The van der Waals surface area contributed by atoms with Crippen molar-refractivity contribution in [2.45, 2.75) is 75.7 Å². The molecule has 32 heavy (non-hydrogen) atoms. The summed E-state index contributed by atoms with van der Waals surface area (Å²) in [5.74, 6) is 0.384. The minimum absolute atomic E-state index is 0.0668. The lowest BCUT2D eigenvalue weighted by Gasteiger charge is -2.47. The molecule has 0 saturated heterocycles. The second-order valence-electron chi connectivity index (χ2n) is 9.99. The van der Waals surface area contributed by atoms with E-state index in [4.69, 9.17) is 9.47 Å². The van der Waals surface area contributed by atoms with Crippen molar-refractivity contribution in [2.75, 3.05) is 20.0 Å². The second kappa shape index (κ2) is 9.29. The lowest BCUT2D eigenvalue weighted by molar-refractivity contribution is -0.0979. The first-order valence-corrected chi connectivity index (χ1v) is 13.6. The standard InChI is InChI=1S/C24H34FNO5S/c1-30-24-9-3-5-16(14-24)11-17(15-24)6-4-10-31-22-13-21(25)20(12-19(22)18-7-8-18)23(27)26-32(2,28)29/h12-13,16-18H,3-11,14-15H2,1-2H3,(H,26,27). The van der Waals surface area contributed by atoms with Crippen LogP contribution in [0.2, 0.25) is 0 Å². The molecule has 1 amide bonds. The first kappa shape index (κ1) is 23.5. The lowest BCUT2D eigenvalue weighted by Crippen LogP contribution is -2.43. The summed E-state index contributed by atoms with van der Waals surface area (Å²) in [4.78, 5) is 12.2. The zero-order chi connectivity index (χ0) is 22.9. The van der Waals surface area contributed by atoms with Gasteiger partial charge in [-0.05, 0) is 80.8 Å². The van der Waals surface area contributed by atoms with Crippen LogP contribution in [0.15, 0.2) is 12.1 Å². The van der Waals surface area contributed by atoms with Crippen molar-refractivity contribution in [2.24, 2.45) is 11.8 Å². The molecule has 3 fully saturated rings. The molecule has 3 aliphatic carbocycles. The predicted molar refractivity (Wildman–Crippen MR) is 120 cm³/mol. The van der Waals surface area contributed by atoms with E-state index < -0.39 is 21.7 Å². The van der Waals surface area contributed by atoms with Gasteiger partial charge >= 0.3 is 0 Å². The van der Waals surface area contributed by atoms with Crippen LogP contribution >= 0.6 is 0 Å². The molecule has 0 aromatic heterocycles. The fraction of sp³-hybridized carbons (Fsp3) is 0.708. The van der Waals surface area contributed by atoms with Gasteiger partial charge in [-0.15, -0.1) is 0 Å². The van der Waals surface area contributed by atoms with E-state index in [1.807, 2.05) is 11.8 Å². The first-order valence-electron chi connectivity index (χ1n) is 11.7. The highest BCUT2D eigenvalue weighted by atomic mass is 32.2. The Balaban J connectivity index is 1.36. The van der Waals surface area contributed by atoms with Crippen LogP contribution in [0.5, 0.6) is 5.75 Å². The number of hydrogen-bond donors (Lipinski definition) is 1. The highest BCUT2D eigenvalue weighted by Crippen LogP contribution is 2.48. The van der Waals surface area contributed by atoms with Gasteiger partial charge in [0.15, 0.2) is 0 Å². The molecule has 3 aliphatic rings. The Labute approximate surface area is 190 Å². The Morgan fingerprint density at radius 2 is 2.03 bits per heavy atom. The zero-order valence-electron chi connectivity index (χ0n) is 19.0. The van der Waals surface area contributed by atoms with Crippen LogP contribution in [0.25, 0.3) is 0 Å². The second-order valence-corrected chi connectivity index (χ2v) is 11.7. The predicted octanol–water partition coefficient (Wildman–Crippen LogP) is 4.54. The van der Waals surface area contributed by atoms with Gasteiger partial charge in [-0.1, -0.05) is 12.8 Å². The number of halogens is 1. The fourth-order valence-corrected chi connectivity index (χ4v) is 6.21. The summed E-state index contributed by atoms with van der Waals surface area (Å²) in [6.45, 7) is 0.495. The van der Waals surface area contributed by atoms with Gasteiger partial charge in [-0.3, -0.25) is 4.79 Å². The van der Waals surface area contributed by atoms with Gasteiger partial charge < -0.3 is 9.47 Å². The van der Waals surface area contributed by atoms with E-state index in [1.54, 1.807) is 0 Å². The number of hydrogen-bond acceptors (Lipinski definition) is 5. The normalized spacial score (nSPS) is 27.7. The summed E-state index contributed by atoms with van der Waals surface area (Å²) in [5.41, 5.74) is 0.594. The number of methoxy groups -OCH3 is 1. The van der Waals surface area contributed by atoms with Gasteiger partial charge in [0, 0.05) is 13.2 Å². The molecule has 3 atom stereocenters. The van der Waals surface area contributed by atoms with Crippen LogP contribution < -0.4 is 9.46 Å². The Morgan fingerprint density at radius 3 is 2.72 bits per heavy atom. The number of carbonyl (C=O) groups excluding carboxylic acids is 1. The number of rotatable bonds is 9. The van der Waals surface area contributed by atoms with Crippen molar-refractivity contribution >= 4 is 15.9 Å². The summed E-state index contributed by atoms with van der Waals surface area (Å²) >= 11 is 0. The molecule has 1 N–H and O–H groups in total. The fourth-order valence-electron chi connectivity index (χ4n) is 5.76. The smallest absolute Gasteiger partial charge is 0.267 e. The molecule has 3 unspecified atom stereocenters. The summed E-state index contributed by atoms with van der Waals surface area (Å²) < 4.78 is 51.0. The monoisotopic (exact) mass is 467 g/mol. The molecule has 0 heterocycles. The molecular weight excluding hydrogens is 433 g/mol. The highest BCUT2D eigenvalue weighted by Gasteiger charge is 2.43. The SMILES string of the molecule is COC12CCCC(CC(CCCOc3cc(F)c(C(=O)NS(C)(=O)=O)cc3C3CC3)C1)C2. The van der Waals surface area contributed by atoms with E-state index in [2.05, 4.69) is 0 Å². The summed E-state index contributed by atoms with van der Waals surface area (Å²) in [6, 6.07) is 2.68. The Kier molecular flexibility index (Phi) is 6.82. The summed E-state index contributed by atoms with van der Waals surface area (Å²) in [6.07, 6.45) is 12.0. The molecule has 0 radical (unpaired) electrons. The first-order chi connectivity index (χ1) is 15.2. The average Bonchev–Trinajstić information content (AvgIpc) is 3.55. The molecule has 4 rings (SSSR count). The molecule has 0 aliphatic heterocycles. The van der Waals surface area contributed by atoms with Crippen molar-refractivity contribution in [1.29, 1.82) is 0 Å². The minimum atomic E-state index is -3.76. The molecular formula is C24H34FNO5S. The number of ether oxygens (including phenoxy) is 2. The Hall–Kier alpha value is -1.67. The van der Waals surface area contributed by atoms with Gasteiger partial charge in [-0.2, -0.15) is 0 Å². The van der Waals surface area contributed by atoms with E-state index in [0.29, 0.717) is 18.3 Å². The third-order valence-electron chi connectivity index (χ3n) is 7.32. The maximum atomic E-state index is 14.6. The van der Waals surface area contributed by atoms with Crippen LogP contribution in [0, 0.1) is 17.7 Å². The maximum absolute atomic E-state index is 14.6. The summed E-state index contributed by atoms with van der Waals surface area (Å²) in [7, 11) is -1.91. The molecule has 2 bridgehead atoms. The molecule has 1 aromatic carbocycles. The van der Waals surface area contributed by atoms with Crippen molar-refractivity contribution in [3.05, 3.63) is 29.1 Å². The van der Waals surface area contributed by atoms with E-state index in [1.165, 1.54) is 37.8 Å². The maximum Gasteiger partial charge on any atom is 0.267 e. The quantitative estimate of drug-likeness (QED) is 0.540. The number of nitrogens with one attached hydrogen (secondary N) is 1. The largest absolute Gasteiger partial charge is 0.493 e. The topological polar surface area (TPSA) is 81.7 Å². The van der Waals surface area contributed by atoms with E-state index in [9.17, 15) is 17.6 Å². The lowest BCUT2D eigenvalue weighted by atomic mass is 9.64. The van der Waals surface area contributed by atoms with Crippen LogP contribution in [-0.4, -0.2) is 39.9 Å². The van der Waals surface area contributed by atoms with Crippen molar-refractivity contribution in [3.63, 3.8) is 0 Å². The van der Waals surface area contributed by atoms with Crippen molar-refractivity contribution in [3.8, 4) is 5.75 Å². The van der Waals surface area contributed by atoms with Gasteiger partial charge in [0.2, 0.25) is 10.0 Å². The number of benzene rings is 1. The molecule has 8 heteroatoms. The van der Waals surface area contributed by atoms with Crippen LogP contribution in [0.1, 0.15) is 86.0 Å². The van der Waals surface area contributed by atoms with Crippen LogP contribution in [0.4, 0.5) is 4.39 Å². The van der Waals surface area contributed by atoms with Crippen LogP contribution in [0.3, 0.4) is 0 Å². The zero-order valence-corrected chi connectivity index (χ0v) is 19.8. The average molecular weight is 468 g/mol. The molecule has 0 spiro atoms. The third-order valence-corrected chi connectivity index (χ3v) is 7.88. The van der Waals surface area contributed by atoms with Crippen molar-refractivity contribution < 1.29 is 27.1 Å². The van der Waals surface area contributed by atoms with Crippen molar-refractivity contribution in [1.82, 2.24) is 4.72 Å². The number of amides is 1. The van der Waals surface area contributed by atoms with E-state index >= 15 is 0 Å². The van der Waals surface area contributed by atoms with Gasteiger partial charge in [0.25, 0.3) is 5.91 Å². The van der Waals surface area contributed by atoms with Gasteiger partial charge in [0.05, 0.1) is 24.0 Å². The number of carbonyl (C=O) groups is 1. The van der Waals surface area contributed by atoms with Gasteiger partial charge in [0.1, 0.15) is 11.6 Å². The molecule has 178 valence electrons. The van der Waals surface area contributed by atoms with Gasteiger partial charge in [-0.25, -0.2) is 17.5 Å². The minimum Gasteiger partial charge on any atom is -0.493 e. The summed E-state index contributed by atoms with van der Waals surface area (Å²) in [5, 5.41) is 0. The number of sulfonamides is 1. The van der Waals surface area contributed by atoms with E-state index in [0.717, 1.165) is 56.3 Å². The molecule has 1 aromatic rings.